The Balaban J connectivity index is 5.17. The first-order chi connectivity index (χ1) is 12.9. The Morgan fingerprint density at radius 2 is 1.54 bits per heavy atom. The van der Waals surface area contributed by atoms with E-state index in [1.807, 2.05) is 0 Å². The first kappa shape index (κ1) is 25.7. The highest BCUT2D eigenvalue weighted by Gasteiger charge is 2.31. The van der Waals surface area contributed by atoms with Gasteiger partial charge in [-0.15, -0.1) is 0 Å². The Kier molecular flexibility index (Phi) is 11.2. The molecule has 0 aliphatic heterocycles. The van der Waals surface area contributed by atoms with Crippen molar-refractivity contribution in [2.24, 2.45) is 11.7 Å². The fourth-order valence-corrected chi connectivity index (χ4v) is 2.25. The van der Waals surface area contributed by atoms with Crippen molar-refractivity contribution in [1.29, 1.82) is 0 Å². The number of carboxylic acids is 2. The molecule has 11 nitrogen and oxygen atoms in total. The number of carboxylic acid groups (broad SMARTS) is 2. The zero-order valence-electron chi connectivity index (χ0n) is 16.0. The summed E-state index contributed by atoms with van der Waals surface area (Å²) < 4.78 is 0. The predicted molar refractivity (Wildman–Crippen MR) is 103 cm³/mol. The Morgan fingerprint density at radius 1 is 0.964 bits per heavy atom. The van der Waals surface area contributed by atoms with Crippen LogP contribution < -0.4 is 21.7 Å². The van der Waals surface area contributed by atoms with Crippen LogP contribution in [0.4, 0.5) is 0 Å². The highest BCUT2D eigenvalue weighted by molar-refractivity contribution is 7.80. The summed E-state index contributed by atoms with van der Waals surface area (Å²) in [4.78, 5) is 58.7. The van der Waals surface area contributed by atoms with Gasteiger partial charge in [-0.3, -0.25) is 19.2 Å². The first-order valence-corrected chi connectivity index (χ1v) is 9.29. The number of carbonyl (C=O) groups is 5. The van der Waals surface area contributed by atoms with E-state index in [1.165, 1.54) is 6.92 Å². The highest BCUT2D eigenvalue weighted by atomic mass is 32.1. The van der Waals surface area contributed by atoms with Crippen LogP contribution in [0.5, 0.6) is 0 Å². The van der Waals surface area contributed by atoms with Crippen LogP contribution in [-0.2, 0) is 24.0 Å². The molecule has 7 N–H and O–H groups in total. The van der Waals surface area contributed by atoms with E-state index in [2.05, 4.69) is 28.6 Å². The maximum atomic E-state index is 12.4. The number of nitrogens with two attached hydrogens (primary N) is 1. The van der Waals surface area contributed by atoms with E-state index in [0.29, 0.717) is 6.42 Å². The molecule has 160 valence electrons. The third kappa shape index (κ3) is 8.57. The lowest BCUT2D eigenvalue weighted by atomic mass is 9.98. The summed E-state index contributed by atoms with van der Waals surface area (Å²) in [5.41, 5.74) is 5.49. The van der Waals surface area contributed by atoms with Gasteiger partial charge in [0, 0.05) is 5.75 Å². The first-order valence-electron chi connectivity index (χ1n) is 8.66. The molecule has 0 aliphatic carbocycles. The standard InChI is InChI=1S/C16H28N4O7S/c1-4-7(2)12(16(26)27)20-15(25)10(5-11(21)22)19-13(23)8(3)18-14(24)9(17)6-28/h7-10,12,28H,4-6,17H2,1-3H3,(H,18,24)(H,19,23)(H,20,25)(H,21,22)(H,26,27). The monoisotopic (exact) mass is 420 g/mol. The number of amides is 3. The van der Waals surface area contributed by atoms with E-state index in [0.717, 1.165) is 0 Å². The van der Waals surface area contributed by atoms with Gasteiger partial charge in [0.15, 0.2) is 0 Å². The molecule has 3 amide bonds. The van der Waals surface area contributed by atoms with E-state index >= 15 is 0 Å². The maximum Gasteiger partial charge on any atom is 0.326 e. The van der Waals surface area contributed by atoms with Crippen LogP contribution in [0.2, 0.25) is 0 Å². The molecule has 0 bridgehead atoms. The molecular formula is C16H28N4O7S. The number of rotatable bonds is 12. The molecule has 0 radical (unpaired) electrons. The van der Waals surface area contributed by atoms with Crippen LogP contribution in [0.25, 0.3) is 0 Å². The molecule has 0 aliphatic rings. The Labute approximate surface area is 168 Å². The predicted octanol–water partition coefficient (Wildman–Crippen LogP) is -1.68. The topological polar surface area (TPSA) is 188 Å². The zero-order chi connectivity index (χ0) is 22.0. The van der Waals surface area contributed by atoms with Gasteiger partial charge < -0.3 is 31.9 Å². The second-order valence-electron chi connectivity index (χ2n) is 6.39. The van der Waals surface area contributed by atoms with Gasteiger partial charge in [0.05, 0.1) is 12.5 Å². The summed E-state index contributed by atoms with van der Waals surface area (Å²) in [7, 11) is 0. The van der Waals surface area contributed by atoms with Gasteiger partial charge in [-0.2, -0.15) is 12.6 Å². The Bertz CT molecular complexity index is 602. The summed E-state index contributed by atoms with van der Waals surface area (Å²) in [5, 5.41) is 25.0. The summed E-state index contributed by atoms with van der Waals surface area (Å²) in [5.74, 6) is -5.42. The number of nitrogens with one attached hydrogen (secondary N) is 3. The Morgan fingerprint density at radius 3 is 1.96 bits per heavy atom. The zero-order valence-corrected chi connectivity index (χ0v) is 16.9. The van der Waals surface area contributed by atoms with Crippen LogP contribution in [-0.4, -0.2) is 69.8 Å². The van der Waals surface area contributed by atoms with E-state index in [-0.39, 0.29) is 5.75 Å². The van der Waals surface area contributed by atoms with Crippen molar-refractivity contribution in [1.82, 2.24) is 16.0 Å². The second kappa shape index (κ2) is 12.2. The quantitative estimate of drug-likeness (QED) is 0.182. The van der Waals surface area contributed by atoms with Crippen LogP contribution in [0.15, 0.2) is 0 Å². The molecule has 12 heteroatoms. The molecule has 28 heavy (non-hydrogen) atoms. The van der Waals surface area contributed by atoms with Gasteiger partial charge in [0.2, 0.25) is 17.7 Å². The molecule has 5 atom stereocenters. The minimum absolute atomic E-state index is 0.0520. The minimum atomic E-state index is -1.52. The maximum absolute atomic E-state index is 12.4. The molecule has 0 aromatic carbocycles. The van der Waals surface area contributed by atoms with Gasteiger partial charge in [0.25, 0.3) is 0 Å². The van der Waals surface area contributed by atoms with Crippen molar-refractivity contribution < 1.29 is 34.2 Å². The van der Waals surface area contributed by atoms with Gasteiger partial charge in [-0.05, 0) is 12.8 Å². The lowest BCUT2D eigenvalue weighted by Gasteiger charge is -2.25. The lowest BCUT2D eigenvalue weighted by molar-refractivity contribution is -0.144. The SMILES string of the molecule is CCC(C)C(NC(=O)C(CC(=O)O)NC(=O)C(C)NC(=O)C(N)CS)C(=O)O. The molecule has 0 aromatic rings. The van der Waals surface area contributed by atoms with Crippen molar-refractivity contribution >= 4 is 42.3 Å². The number of hydrogen-bond acceptors (Lipinski definition) is 7. The summed E-state index contributed by atoms with van der Waals surface area (Å²) in [6, 6.07) is -4.80. The summed E-state index contributed by atoms with van der Waals surface area (Å²) in [6.07, 6.45) is -0.303. The van der Waals surface area contributed by atoms with Gasteiger partial charge in [-0.1, -0.05) is 20.3 Å². The van der Waals surface area contributed by atoms with E-state index in [1.54, 1.807) is 13.8 Å². The van der Waals surface area contributed by atoms with Crippen molar-refractivity contribution in [2.45, 2.75) is 57.8 Å². The van der Waals surface area contributed by atoms with Crippen LogP contribution >= 0.6 is 12.6 Å². The van der Waals surface area contributed by atoms with Crippen LogP contribution in [0, 0.1) is 5.92 Å². The molecule has 0 spiro atoms. The fourth-order valence-electron chi connectivity index (χ4n) is 2.09. The molecule has 5 unspecified atom stereocenters. The Hall–Kier alpha value is -2.34. The normalized spacial score (nSPS) is 16.0. The molecular weight excluding hydrogens is 392 g/mol. The third-order valence-corrected chi connectivity index (χ3v) is 4.47. The molecule has 0 rings (SSSR count). The van der Waals surface area contributed by atoms with Crippen molar-refractivity contribution in [3.05, 3.63) is 0 Å². The average Bonchev–Trinajstić information content (AvgIpc) is 2.62. The van der Waals surface area contributed by atoms with Gasteiger partial charge in [0.1, 0.15) is 18.1 Å². The number of aliphatic carboxylic acids is 2. The lowest BCUT2D eigenvalue weighted by Crippen LogP contribution is -2.57. The minimum Gasteiger partial charge on any atom is -0.481 e. The van der Waals surface area contributed by atoms with Gasteiger partial charge >= 0.3 is 11.9 Å². The largest absolute Gasteiger partial charge is 0.481 e. The van der Waals surface area contributed by atoms with Crippen LogP contribution in [0.1, 0.15) is 33.6 Å². The van der Waals surface area contributed by atoms with Gasteiger partial charge in [-0.25, -0.2) is 4.79 Å². The average molecular weight is 420 g/mol. The summed E-state index contributed by atoms with van der Waals surface area (Å²) >= 11 is 3.87. The molecule has 0 saturated carbocycles. The van der Waals surface area contributed by atoms with Crippen molar-refractivity contribution in [2.75, 3.05) is 5.75 Å². The smallest absolute Gasteiger partial charge is 0.326 e. The summed E-state index contributed by atoms with van der Waals surface area (Å²) in [6.45, 7) is 4.68. The fraction of sp³-hybridized carbons (Fsp3) is 0.688. The number of thiol groups is 1. The van der Waals surface area contributed by atoms with Crippen molar-refractivity contribution in [3.8, 4) is 0 Å². The molecule has 0 fully saturated rings. The molecule has 0 aromatic heterocycles. The highest BCUT2D eigenvalue weighted by Crippen LogP contribution is 2.09. The van der Waals surface area contributed by atoms with E-state index in [4.69, 9.17) is 10.8 Å². The number of carbonyl (C=O) groups excluding carboxylic acids is 3. The van der Waals surface area contributed by atoms with Crippen molar-refractivity contribution in [3.63, 3.8) is 0 Å². The van der Waals surface area contributed by atoms with Crippen LogP contribution in [0.3, 0.4) is 0 Å². The van der Waals surface area contributed by atoms with E-state index < -0.39 is 66.2 Å². The molecule has 0 heterocycles. The molecule has 0 saturated heterocycles. The number of hydrogen-bond donors (Lipinski definition) is 7. The van der Waals surface area contributed by atoms with E-state index in [9.17, 15) is 29.1 Å². The second-order valence-corrected chi connectivity index (χ2v) is 6.75. The third-order valence-electron chi connectivity index (χ3n) is 4.07.